The lowest BCUT2D eigenvalue weighted by atomic mass is 10.2. The van der Waals surface area contributed by atoms with Crippen LogP contribution in [0.5, 0.6) is 0 Å². The number of H-pyrrole nitrogens is 1. The molecule has 0 aromatic carbocycles. The largest absolute Gasteiger partial charge is 0.392 e. The molecule has 1 unspecified atom stereocenters. The Hall–Kier alpha value is -1.62. The Bertz CT molecular complexity index is 370. The van der Waals surface area contributed by atoms with Crippen LogP contribution in [0.4, 0.5) is 0 Å². The predicted octanol–water partition coefficient (Wildman–Crippen LogP) is -0.515. The molecule has 0 bridgehead atoms. The summed E-state index contributed by atoms with van der Waals surface area (Å²) in [5, 5.41) is 11.3. The van der Waals surface area contributed by atoms with Gasteiger partial charge in [-0.3, -0.25) is 9.59 Å². The highest BCUT2D eigenvalue weighted by atomic mass is 16.3. The predicted molar refractivity (Wildman–Crippen MR) is 51.1 cm³/mol. The Balaban J connectivity index is 2.71. The molecule has 0 saturated heterocycles. The summed E-state index contributed by atoms with van der Waals surface area (Å²) < 4.78 is 0. The topological polar surface area (TPSA) is 82.2 Å². The number of hydrogen-bond donors (Lipinski definition) is 3. The molecule has 1 aromatic rings. The number of aliphatic hydroxyl groups is 1. The third kappa shape index (κ3) is 2.70. The number of carbonyl (C=O) groups excluding carboxylic acids is 1. The summed E-state index contributed by atoms with van der Waals surface area (Å²) in [5.41, 5.74) is -0.292. The highest BCUT2D eigenvalue weighted by molar-refractivity contribution is 5.93. The van der Waals surface area contributed by atoms with Gasteiger partial charge in [-0.05, 0) is 6.92 Å². The molecule has 76 valence electrons. The van der Waals surface area contributed by atoms with Crippen LogP contribution in [0.3, 0.4) is 0 Å². The average Bonchev–Trinajstić information content (AvgIpc) is 2.15. The molecule has 0 saturated carbocycles. The maximum atomic E-state index is 11.3. The van der Waals surface area contributed by atoms with Gasteiger partial charge in [-0.2, -0.15) is 0 Å². The second-order valence-electron chi connectivity index (χ2n) is 2.98. The molecule has 1 heterocycles. The summed E-state index contributed by atoms with van der Waals surface area (Å²) >= 11 is 0. The number of aromatic amines is 1. The van der Waals surface area contributed by atoms with E-state index in [0.29, 0.717) is 0 Å². The van der Waals surface area contributed by atoms with Crippen LogP contribution in [-0.4, -0.2) is 28.6 Å². The molecule has 0 aliphatic rings. The third-order valence-corrected chi connectivity index (χ3v) is 1.63. The van der Waals surface area contributed by atoms with Gasteiger partial charge in [0.05, 0.1) is 6.10 Å². The fourth-order valence-corrected chi connectivity index (χ4v) is 0.929. The number of hydrogen-bond acceptors (Lipinski definition) is 3. The molecule has 14 heavy (non-hydrogen) atoms. The van der Waals surface area contributed by atoms with E-state index in [0.717, 1.165) is 0 Å². The summed E-state index contributed by atoms with van der Waals surface area (Å²) in [7, 11) is 0. The first-order valence-electron chi connectivity index (χ1n) is 4.24. The number of pyridine rings is 1. The number of aromatic nitrogens is 1. The van der Waals surface area contributed by atoms with Crippen molar-refractivity contribution in [2.45, 2.75) is 13.0 Å². The lowest BCUT2D eigenvalue weighted by Crippen LogP contribution is -2.33. The van der Waals surface area contributed by atoms with Gasteiger partial charge >= 0.3 is 0 Å². The molecule has 0 radical (unpaired) electrons. The van der Waals surface area contributed by atoms with E-state index in [1.807, 2.05) is 0 Å². The van der Waals surface area contributed by atoms with Crippen molar-refractivity contribution < 1.29 is 9.90 Å². The highest BCUT2D eigenvalue weighted by Gasteiger charge is 2.09. The summed E-state index contributed by atoms with van der Waals surface area (Å²) in [6.45, 7) is 1.68. The van der Waals surface area contributed by atoms with Gasteiger partial charge in [-0.1, -0.05) is 0 Å². The first-order chi connectivity index (χ1) is 6.61. The molecule has 5 heteroatoms. The van der Waals surface area contributed by atoms with E-state index >= 15 is 0 Å². The normalized spacial score (nSPS) is 12.1. The average molecular weight is 196 g/mol. The van der Waals surface area contributed by atoms with E-state index in [1.165, 1.54) is 18.5 Å². The Morgan fingerprint density at radius 2 is 2.43 bits per heavy atom. The minimum Gasteiger partial charge on any atom is -0.392 e. The van der Waals surface area contributed by atoms with Crippen molar-refractivity contribution in [1.29, 1.82) is 0 Å². The number of aliphatic hydroxyl groups excluding tert-OH is 1. The van der Waals surface area contributed by atoms with Crippen molar-refractivity contribution in [3.63, 3.8) is 0 Å². The van der Waals surface area contributed by atoms with Gasteiger partial charge < -0.3 is 15.4 Å². The van der Waals surface area contributed by atoms with Crippen molar-refractivity contribution in [1.82, 2.24) is 10.3 Å². The van der Waals surface area contributed by atoms with Crippen LogP contribution in [-0.2, 0) is 0 Å². The zero-order chi connectivity index (χ0) is 10.6. The van der Waals surface area contributed by atoms with Crippen molar-refractivity contribution in [3.8, 4) is 0 Å². The van der Waals surface area contributed by atoms with E-state index in [1.54, 1.807) is 6.92 Å². The quantitative estimate of drug-likeness (QED) is 0.608. The summed E-state index contributed by atoms with van der Waals surface area (Å²) in [4.78, 5) is 25.1. The van der Waals surface area contributed by atoms with Gasteiger partial charge in [-0.15, -0.1) is 0 Å². The van der Waals surface area contributed by atoms with Crippen molar-refractivity contribution in [2.24, 2.45) is 0 Å². The lowest BCUT2D eigenvalue weighted by Gasteiger charge is -2.05. The fourth-order valence-electron chi connectivity index (χ4n) is 0.929. The van der Waals surface area contributed by atoms with Crippen LogP contribution in [0.25, 0.3) is 0 Å². The summed E-state index contributed by atoms with van der Waals surface area (Å²) in [5.74, 6) is -0.479. The molecule has 1 rings (SSSR count). The summed E-state index contributed by atoms with van der Waals surface area (Å²) in [6.07, 6.45) is 2.16. The van der Waals surface area contributed by atoms with Gasteiger partial charge in [0.1, 0.15) is 5.56 Å². The summed E-state index contributed by atoms with van der Waals surface area (Å²) in [6, 6.07) is 1.28. The molecule has 0 spiro atoms. The van der Waals surface area contributed by atoms with Crippen molar-refractivity contribution in [2.75, 3.05) is 6.54 Å². The Labute approximate surface area is 80.8 Å². The van der Waals surface area contributed by atoms with Crippen LogP contribution in [0.15, 0.2) is 23.3 Å². The molecular formula is C9H12N2O3. The second-order valence-corrected chi connectivity index (χ2v) is 2.98. The lowest BCUT2D eigenvalue weighted by molar-refractivity contribution is 0.0922. The Kier molecular flexibility index (Phi) is 3.41. The number of amides is 1. The van der Waals surface area contributed by atoms with E-state index < -0.39 is 12.0 Å². The molecule has 3 N–H and O–H groups in total. The van der Waals surface area contributed by atoms with Gasteiger partial charge in [0, 0.05) is 25.0 Å². The molecule has 1 aromatic heterocycles. The monoisotopic (exact) mass is 196 g/mol. The van der Waals surface area contributed by atoms with Crippen LogP contribution < -0.4 is 10.7 Å². The molecule has 1 atom stereocenters. The fraction of sp³-hybridized carbons (Fsp3) is 0.333. The Morgan fingerprint density at radius 1 is 1.71 bits per heavy atom. The molecule has 5 nitrogen and oxygen atoms in total. The molecule has 1 amide bonds. The van der Waals surface area contributed by atoms with E-state index in [9.17, 15) is 9.59 Å². The maximum absolute atomic E-state index is 11.3. The maximum Gasteiger partial charge on any atom is 0.256 e. The van der Waals surface area contributed by atoms with Gasteiger partial charge in [0.15, 0.2) is 5.43 Å². The van der Waals surface area contributed by atoms with Gasteiger partial charge in [-0.25, -0.2) is 0 Å². The molecule has 0 aliphatic heterocycles. The van der Waals surface area contributed by atoms with Crippen LogP contribution in [0.2, 0.25) is 0 Å². The van der Waals surface area contributed by atoms with Gasteiger partial charge in [0.25, 0.3) is 5.91 Å². The van der Waals surface area contributed by atoms with E-state index in [-0.39, 0.29) is 17.5 Å². The van der Waals surface area contributed by atoms with Crippen LogP contribution in [0, 0.1) is 0 Å². The van der Waals surface area contributed by atoms with Crippen LogP contribution in [0.1, 0.15) is 17.3 Å². The minimum atomic E-state index is -0.623. The third-order valence-electron chi connectivity index (χ3n) is 1.63. The number of rotatable bonds is 3. The molecule has 0 fully saturated rings. The zero-order valence-corrected chi connectivity index (χ0v) is 7.78. The Morgan fingerprint density at radius 3 is 3.00 bits per heavy atom. The van der Waals surface area contributed by atoms with Crippen molar-refractivity contribution in [3.05, 3.63) is 34.2 Å². The van der Waals surface area contributed by atoms with Gasteiger partial charge in [0.2, 0.25) is 0 Å². The highest BCUT2D eigenvalue weighted by Crippen LogP contribution is 1.88. The first kappa shape index (κ1) is 10.5. The van der Waals surface area contributed by atoms with E-state index in [2.05, 4.69) is 10.3 Å². The first-order valence-corrected chi connectivity index (χ1v) is 4.24. The number of nitrogens with one attached hydrogen (secondary N) is 2. The standard InChI is InChI=1S/C9H12N2O3/c1-6(12)4-11-9(14)7-5-10-3-2-8(7)13/h2-3,5-6,12H,4H2,1H3,(H,10,13)(H,11,14). The van der Waals surface area contributed by atoms with Crippen LogP contribution >= 0.6 is 0 Å². The smallest absolute Gasteiger partial charge is 0.256 e. The molecule has 0 aliphatic carbocycles. The van der Waals surface area contributed by atoms with Crippen molar-refractivity contribution >= 4 is 5.91 Å². The SMILES string of the molecule is CC(O)CNC(=O)c1c[nH]ccc1=O. The minimum absolute atomic E-state index is 0.0492. The number of carbonyl (C=O) groups is 1. The molecular weight excluding hydrogens is 184 g/mol. The van der Waals surface area contributed by atoms with E-state index in [4.69, 9.17) is 5.11 Å². The second kappa shape index (κ2) is 4.57. The zero-order valence-electron chi connectivity index (χ0n) is 7.78.